The molecular weight excluding hydrogens is 364 g/mol. The molecule has 1 N–H and O–H groups in total. The van der Waals surface area contributed by atoms with Crippen LogP contribution in [0.1, 0.15) is 36.9 Å². The highest BCUT2D eigenvalue weighted by Crippen LogP contribution is 2.45. The van der Waals surface area contributed by atoms with Crippen molar-refractivity contribution < 1.29 is 14.6 Å². The van der Waals surface area contributed by atoms with Gasteiger partial charge in [-0.2, -0.15) is 5.10 Å². The number of hydrogen-bond donors (Lipinski definition) is 1. The highest BCUT2D eigenvalue weighted by molar-refractivity contribution is 5.63. The normalized spacial score (nSPS) is 20.2. The third kappa shape index (κ3) is 3.39. The first-order chi connectivity index (χ1) is 14.1. The van der Waals surface area contributed by atoms with Gasteiger partial charge in [0.15, 0.2) is 5.79 Å². The fourth-order valence-electron chi connectivity index (χ4n) is 4.39. The molecule has 5 rings (SSSR count). The Morgan fingerprint density at radius 2 is 1.55 bits per heavy atom. The Hall–Kier alpha value is -2.47. The second-order valence-corrected chi connectivity index (χ2v) is 8.17. The summed E-state index contributed by atoms with van der Waals surface area (Å²) in [7, 11) is 0. The van der Waals surface area contributed by atoms with E-state index >= 15 is 0 Å². The first-order valence-electron chi connectivity index (χ1n) is 10.3. The lowest BCUT2D eigenvalue weighted by atomic mass is 9.79. The molecule has 0 unspecified atom stereocenters. The van der Waals surface area contributed by atoms with Crippen molar-refractivity contribution in [2.45, 2.75) is 44.0 Å². The van der Waals surface area contributed by atoms with Gasteiger partial charge in [-0.15, -0.1) is 0 Å². The predicted molar refractivity (Wildman–Crippen MR) is 111 cm³/mol. The van der Waals surface area contributed by atoms with Gasteiger partial charge in [-0.3, -0.25) is 0 Å². The molecule has 0 amide bonds. The molecule has 1 aliphatic heterocycles. The zero-order valence-corrected chi connectivity index (χ0v) is 16.7. The number of ether oxygens (including phenoxy) is 2. The van der Waals surface area contributed by atoms with Gasteiger partial charge in [-0.05, 0) is 38.0 Å². The predicted octanol–water partition coefficient (Wildman–Crippen LogP) is 4.35. The van der Waals surface area contributed by atoms with Crippen LogP contribution in [0.4, 0.5) is 0 Å². The Bertz CT molecular complexity index is 979. The third-order valence-electron chi connectivity index (χ3n) is 6.19. The molecule has 1 aromatic heterocycles. The van der Waals surface area contributed by atoms with Crippen LogP contribution >= 0.6 is 0 Å². The zero-order valence-electron chi connectivity index (χ0n) is 16.7. The molecule has 1 spiro atoms. The molecule has 2 fully saturated rings. The van der Waals surface area contributed by atoms with Crippen LogP contribution in [0, 0.1) is 6.92 Å². The van der Waals surface area contributed by atoms with Crippen LogP contribution in [0.25, 0.3) is 16.9 Å². The monoisotopic (exact) mass is 390 g/mol. The molecule has 0 radical (unpaired) electrons. The standard InChI is InChI=1S/C24H26N2O3/c1-18-7-9-19(10-8-18)21-17-22(25-26(21)20-5-3-2-4-6-20)23(27)11-13-24(14-12-23)28-15-16-29-24/h2-10,17,27H,11-16H2,1H3. The van der Waals surface area contributed by atoms with E-state index in [1.165, 1.54) is 5.56 Å². The number of aromatic nitrogens is 2. The molecule has 1 aliphatic carbocycles. The Morgan fingerprint density at radius 3 is 2.21 bits per heavy atom. The summed E-state index contributed by atoms with van der Waals surface area (Å²) in [5.74, 6) is -0.506. The molecule has 0 bridgehead atoms. The molecule has 1 saturated heterocycles. The largest absolute Gasteiger partial charge is 0.383 e. The van der Waals surface area contributed by atoms with E-state index < -0.39 is 11.4 Å². The smallest absolute Gasteiger partial charge is 0.168 e. The van der Waals surface area contributed by atoms with Crippen molar-refractivity contribution in [1.82, 2.24) is 9.78 Å². The molecule has 5 nitrogen and oxygen atoms in total. The molecule has 150 valence electrons. The first kappa shape index (κ1) is 18.6. The van der Waals surface area contributed by atoms with Crippen LogP contribution in [-0.2, 0) is 15.1 Å². The molecule has 2 heterocycles. The molecule has 2 aromatic carbocycles. The van der Waals surface area contributed by atoms with Crippen LogP contribution in [0.3, 0.4) is 0 Å². The van der Waals surface area contributed by atoms with Crippen molar-refractivity contribution in [2.75, 3.05) is 13.2 Å². The molecule has 0 atom stereocenters. The van der Waals surface area contributed by atoms with E-state index in [0.29, 0.717) is 44.6 Å². The highest BCUT2D eigenvalue weighted by atomic mass is 16.7. The van der Waals surface area contributed by atoms with Crippen LogP contribution in [-0.4, -0.2) is 33.9 Å². The lowest BCUT2D eigenvalue weighted by Gasteiger charge is -2.39. The maximum Gasteiger partial charge on any atom is 0.168 e. The van der Waals surface area contributed by atoms with Gasteiger partial charge >= 0.3 is 0 Å². The van der Waals surface area contributed by atoms with E-state index in [0.717, 1.165) is 16.9 Å². The zero-order chi connectivity index (χ0) is 19.9. The highest BCUT2D eigenvalue weighted by Gasteiger charge is 2.47. The summed E-state index contributed by atoms with van der Waals surface area (Å²) in [6.45, 7) is 3.36. The maximum atomic E-state index is 11.5. The average Bonchev–Trinajstić information content (AvgIpc) is 3.40. The van der Waals surface area contributed by atoms with Gasteiger partial charge in [0.2, 0.25) is 0 Å². The molecule has 29 heavy (non-hydrogen) atoms. The Kier molecular flexibility index (Phi) is 4.54. The van der Waals surface area contributed by atoms with Gasteiger partial charge in [0.1, 0.15) is 5.60 Å². The third-order valence-corrected chi connectivity index (χ3v) is 6.19. The second-order valence-electron chi connectivity index (χ2n) is 8.17. The van der Waals surface area contributed by atoms with E-state index in [2.05, 4.69) is 31.2 Å². The van der Waals surface area contributed by atoms with E-state index in [-0.39, 0.29) is 0 Å². The lowest BCUT2D eigenvalue weighted by molar-refractivity contribution is -0.204. The van der Waals surface area contributed by atoms with Crippen molar-refractivity contribution in [3.63, 3.8) is 0 Å². The SMILES string of the molecule is Cc1ccc(-c2cc(C3(O)CCC4(CC3)OCCO4)nn2-c2ccccc2)cc1. The topological polar surface area (TPSA) is 56.5 Å². The minimum Gasteiger partial charge on any atom is -0.383 e. The quantitative estimate of drug-likeness (QED) is 0.722. The number of benzene rings is 2. The number of nitrogens with zero attached hydrogens (tertiary/aromatic N) is 2. The van der Waals surface area contributed by atoms with Gasteiger partial charge in [-0.1, -0.05) is 48.0 Å². The number of hydrogen-bond acceptors (Lipinski definition) is 4. The Labute approximate surface area is 170 Å². The summed E-state index contributed by atoms with van der Waals surface area (Å²) in [5, 5.41) is 16.3. The van der Waals surface area contributed by atoms with E-state index in [4.69, 9.17) is 14.6 Å². The minimum atomic E-state index is -0.972. The second kappa shape index (κ2) is 7.10. The lowest BCUT2D eigenvalue weighted by Crippen LogP contribution is -2.42. The summed E-state index contributed by atoms with van der Waals surface area (Å²) < 4.78 is 13.6. The van der Waals surface area contributed by atoms with E-state index in [1.54, 1.807) is 0 Å². The number of para-hydroxylation sites is 1. The van der Waals surface area contributed by atoms with Crippen molar-refractivity contribution in [3.05, 3.63) is 71.9 Å². The number of aryl methyl sites for hydroxylation is 1. The summed E-state index contributed by atoms with van der Waals surface area (Å²) in [4.78, 5) is 0. The molecular formula is C24H26N2O3. The van der Waals surface area contributed by atoms with Gasteiger partial charge in [-0.25, -0.2) is 4.68 Å². The summed E-state index contributed by atoms with van der Waals surface area (Å²) >= 11 is 0. The van der Waals surface area contributed by atoms with Crippen LogP contribution in [0.2, 0.25) is 0 Å². The Morgan fingerprint density at radius 1 is 0.897 bits per heavy atom. The number of aliphatic hydroxyl groups is 1. The maximum absolute atomic E-state index is 11.5. The minimum absolute atomic E-state index is 0.506. The summed E-state index contributed by atoms with van der Waals surface area (Å²) in [6.07, 6.45) is 2.52. The average molecular weight is 390 g/mol. The van der Waals surface area contributed by atoms with Crippen molar-refractivity contribution in [1.29, 1.82) is 0 Å². The van der Waals surface area contributed by atoms with Crippen molar-refractivity contribution in [2.24, 2.45) is 0 Å². The fraction of sp³-hybridized carbons (Fsp3) is 0.375. The van der Waals surface area contributed by atoms with Crippen LogP contribution in [0.15, 0.2) is 60.7 Å². The molecule has 2 aliphatic rings. The summed E-state index contributed by atoms with van der Waals surface area (Å²) in [6, 6.07) is 20.5. The number of rotatable bonds is 3. The van der Waals surface area contributed by atoms with Gasteiger partial charge in [0.05, 0.1) is 30.3 Å². The van der Waals surface area contributed by atoms with Crippen molar-refractivity contribution >= 4 is 0 Å². The summed E-state index contributed by atoms with van der Waals surface area (Å²) in [5.41, 5.74) is 4.00. The van der Waals surface area contributed by atoms with Crippen LogP contribution in [0.5, 0.6) is 0 Å². The van der Waals surface area contributed by atoms with Crippen LogP contribution < -0.4 is 0 Å². The molecule has 1 saturated carbocycles. The van der Waals surface area contributed by atoms with E-state index in [9.17, 15) is 5.11 Å². The van der Waals surface area contributed by atoms with Gasteiger partial charge < -0.3 is 14.6 Å². The first-order valence-corrected chi connectivity index (χ1v) is 10.3. The fourth-order valence-corrected chi connectivity index (χ4v) is 4.39. The molecule has 3 aromatic rings. The molecule has 5 heteroatoms. The van der Waals surface area contributed by atoms with Gasteiger partial charge in [0, 0.05) is 18.4 Å². The van der Waals surface area contributed by atoms with Crippen molar-refractivity contribution in [3.8, 4) is 16.9 Å². The van der Waals surface area contributed by atoms with E-state index in [1.807, 2.05) is 41.1 Å². The van der Waals surface area contributed by atoms with Gasteiger partial charge in [0.25, 0.3) is 0 Å². The Balaban J connectivity index is 1.53.